The van der Waals surface area contributed by atoms with Crippen LogP contribution in [-0.4, -0.2) is 42.4 Å². The molecule has 1 aromatic rings. The van der Waals surface area contributed by atoms with E-state index in [1.165, 1.54) is 0 Å². The Hall–Kier alpha value is -1.64. The van der Waals surface area contributed by atoms with Crippen LogP contribution in [0.4, 0.5) is 43.9 Å². The number of rotatable bonds is 11. The smallest absolute Gasteiger partial charge is 0.402 e. The van der Waals surface area contributed by atoms with Gasteiger partial charge in [-0.05, 0) is 12.8 Å². The number of pyridine rings is 1. The molecule has 1 atom stereocenters. The Morgan fingerprint density at radius 3 is 1.62 bits per heavy atom. The van der Waals surface area contributed by atoms with E-state index in [1.807, 2.05) is 30.6 Å². The van der Waals surface area contributed by atoms with Gasteiger partial charge < -0.3 is 4.55 Å². The summed E-state index contributed by atoms with van der Waals surface area (Å²) in [5, 5.41) is -6.73. The fourth-order valence-corrected chi connectivity index (χ4v) is 2.70. The third-order valence-electron chi connectivity index (χ3n) is 4.02. The molecule has 1 rings (SSSR count). The predicted molar refractivity (Wildman–Crippen MR) is 90.8 cm³/mol. The first-order chi connectivity index (χ1) is 14.4. The standard InChI is InChI=1S/C12H16F10O3S.C5H5N/c13-8(6-4-2-1-3-5-7-9(14,15)16)10(17,18)11(19,20)12(21,22)26(23,24)25;1-2-4-6-5-3-1/h8H,1-7H2,(H,23,24,25);1-5H. The lowest BCUT2D eigenvalue weighted by Gasteiger charge is -2.35. The topological polar surface area (TPSA) is 71.3 Å². The molecule has 0 amide bonds. The molecule has 0 saturated carbocycles. The summed E-state index contributed by atoms with van der Waals surface area (Å²) in [5.41, 5.74) is 0. The molecule has 4 nitrogen and oxygen atoms in total. The maximum Gasteiger partial charge on any atom is 0.402 e. The molecule has 0 aliphatic carbocycles. The highest BCUT2D eigenvalue weighted by atomic mass is 32.2. The Morgan fingerprint density at radius 2 is 1.25 bits per heavy atom. The molecular formula is C17H21F10NO3S. The van der Waals surface area contributed by atoms with Crippen molar-refractivity contribution in [3.05, 3.63) is 30.6 Å². The molecule has 32 heavy (non-hydrogen) atoms. The molecular weight excluding hydrogens is 488 g/mol. The third-order valence-corrected chi connectivity index (χ3v) is 4.90. The van der Waals surface area contributed by atoms with Gasteiger partial charge in [0, 0.05) is 18.6 Å². The molecule has 0 fully saturated rings. The number of aromatic amines is 1. The normalized spacial score (nSPS) is 14.5. The van der Waals surface area contributed by atoms with Crippen LogP contribution in [0.5, 0.6) is 0 Å². The summed E-state index contributed by atoms with van der Waals surface area (Å²) in [5.74, 6) is -12.9. The van der Waals surface area contributed by atoms with E-state index in [9.17, 15) is 56.9 Å². The van der Waals surface area contributed by atoms with Gasteiger partial charge in [0.2, 0.25) is 0 Å². The van der Waals surface area contributed by atoms with Gasteiger partial charge in [-0.15, -0.1) is 0 Å². The van der Waals surface area contributed by atoms with Crippen molar-refractivity contribution in [2.24, 2.45) is 0 Å². The van der Waals surface area contributed by atoms with Crippen molar-refractivity contribution >= 4 is 10.1 Å². The lowest BCUT2D eigenvalue weighted by atomic mass is 10.0. The molecule has 0 saturated heterocycles. The van der Waals surface area contributed by atoms with Crippen LogP contribution in [0.2, 0.25) is 0 Å². The highest BCUT2D eigenvalue weighted by Gasteiger charge is 2.77. The van der Waals surface area contributed by atoms with Crippen molar-refractivity contribution in [3.63, 3.8) is 0 Å². The van der Waals surface area contributed by atoms with Crippen LogP contribution in [0.15, 0.2) is 30.6 Å². The molecule has 1 aromatic heterocycles. The van der Waals surface area contributed by atoms with Gasteiger partial charge in [0.15, 0.2) is 28.7 Å². The van der Waals surface area contributed by atoms with Crippen molar-refractivity contribution in [3.8, 4) is 0 Å². The summed E-state index contributed by atoms with van der Waals surface area (Å²) >= 11 is 0. The number of halogens is 10. The zero-order valence-electron chi connectivity index (χ0n) is 16.3. The number of hydrogen-bond acceptors (Lipinski definition) is 3. The van der Waals surface area contributed by atoms with Gasteiger partial charge >= 0.3 is 23.3 Å². The highest BCUT2D eigenvalue weighted by molar-refractivity contribution is 7.86. The fourth-order valence-electron chi connectivity index (χ4n) is 2.25. The number of unbranched alkanes of at least 4 members (excludes halogenated alkanes) is 4. The van der Waals surface area contributed by atoms with Crippen molar-refractivity contribution in [2.45, 2.75) is 74.4 Å². The first-order valence-corrected chi connectivity index (χ1v) is 10.5. The predicted octanol–water partition coefficient (Wildman–Crippen LogP) is 5.53. The Kier molecular flexibility index (Phi) is 11.4. The maximum absolute atomic E-state index is 13.3. The van der Waals surface area contributed by atoms with E-state index in [-0.39, 0.29) is 25.7 Å². The average Bonchev–Trinajstić information content (AvgIpc) is 2.66. The Balaban J connectivity index is 0.00000136. The molecule has 1 N–H and O–H groups in total. The Labute approximate surface area is 177 Å². The number of alkyl halides is 10. The Morgan fingerprint density at radius 1 is 0.781 bits per heavy atom. The minimum absolute atomic E-state index is 0.00445. The van der Waals surface area contributed by atoms with Crippen molar-refractivity contribution < 1.29 is 61.9 Å². The van der Waals surface area contributed by atoms with E-state index in [2.05, 4.69) is 4.98 Å². The monoisotopic (exact) mass is 509 g/mol. The highest BCUT2D eigenvalue weighted by Crippen LogP contribution is 2.50. The van der Waals surface area contributed by atoms with E-state index in [0.29, 0.717) is 0 Å². The molecule has 0 aromatic carbocycles. The minimum atomic E-state index is -7.20. The van der Waals surface area contributed by atoms with Crippen molar-refractivity contribution in [1.82, 2.24) is 0 Å². The molecule has 15 heteroatoms. The number of nitrogens with one attached hydrogen (secondary N) is 1. The maximum atomic E-state index is 13.3. The second kappa shape index (κ2) is 12.0. The molecule has 0 aliphatic rings. The van der Waals surface area contributed by atoms with E-state index in [0.717, 1.165) is 0 Å². The summed E-state index contributed by atoms with van der Waals surface area (Å²) in [6.07, 6.45) is -7.95. The second-order valence-electron chi connectivity index (χ2n) is 6.63. The lowest BCUT2D eigenvalue weighted by Crippen LogP contribution is -2.61. The summed E-state index contributed by atoms with van der Waals surface area (Å²) in [7, 11) is -7.20. The van der Waals surface area contributed by atoms with Crippen molar-refractivity contribution in [2.75, 3.05) is 0 Å². The van der Waals surface area contributed by atoms with E-state index in [1.54, 1.807) is 0 Å². The Bertz CT molecular complexity index is 731. The van der Waals surface area contributed by atoms with Gasteiger partial charge in [-0.3, -0.25) is 0 Å². The average molecular weight is 509 g/mol. The summed E-state index contributed by atoms with van der Waals surface area (Å²) in [6, 6.07) is 5.86. The van der Waals surface area contributed by atoms with Crippen LogP contribution in [0, 0.1) is 0 Å². The van der Waals surface area contributed by atoms with Gasteiger partial charge in [-0.2, -0.15) is 39.5 Å². The van der Waals surface area contributed by atoms with Crippen LogP contribution >= 0.6 is 0 Å². The molecule has 188 valence electrons. The largest absolute Gasteiger partial charge is 0.743 e. The van der Waals surface area contributed by atoms with Crippen LogP contribution in [0.25, 0.3) is 0 Å². The number of hydrogen-bond donors (Lipinski definition) is 0. The zero-order valence-corrected chi connectivity index (χ0v) is 17.1. The van der Waals surface area contributed by atoms with Gasteiger partial charge in [0.05, 0.1) is 0 Å². The van der Waals surface area contributed by atoms with Gasteiger partial charge in [-0.1, -0.05) is 31.7 Å². The quantitative estimate of drug-likeness (QED) is 0.224. The lowest BCUT2D eigenvalue weighted by molar-refractivity contribution is -0.377. The first-order valence-electron chi connectivity index (χ1n) is 9.08. The second-order valence-corrected chi connectivity index (χ2v) is 8.06. The summed E-state index contributed by atoms with van der Waals surface area (Å²) in [4.78, 5) is 2.89. The van der Waals surface area contributed by atoms with Gasteiger partial charge in [0.25, 0.3) is 0 Å². The molecule has 0 spiro atoms. The molecule has 1 unspecified atom stereocenters. The van der Waals surface area contributed by atoms with Crippen molar-refractivity contribution in [1.29, 1.82) is 0 Å². The number of aromatic nitrogens is 1. The van der Waals surface area contributed by atoms with Gasteiger partial charge in [-0.25, -0.2) is 17.8 Å². The third kappa shape index (κ3) is 9.08. The van der Waals surface area contributed by atoms with Crippen LogP contribution in [-0.2, 0) is 10.1 Å². The summed E-state index contributed by atoms with van der Waals surface area (Å²) < 4.78 is 157. The molecule has 0 aliphatic heterocycles. The van der Waals surface area contributed by atoms with Crippen LogP contribution in [0.1, 0.15) is 44.9 Å². The van der Waals surface area contributed by atoms with Crippen LogP contribution < -0.4 is 4.98 Å². The van der Waals surface area contributed by atoms with E-state index < -0.39 is 58.8 Å². The van der Waals surface area contributed by atoms with Gasteiger partial charge in [0.1, 0.15) is 0 Å². The SMILES string of the molecule is O=S(=O)([O-])C(F)(F)C(F)(F)C(F)(F)C(F)CCCCCCCC(F)(F)F.c1cc[nH+]cc1. The molecule has 0 radical (unpaired) electrons. The first kappa shape index (κ1) is 30.4. The zero-order chi connectivity index (χ0) is 25.3. The molecule has 0 bridgehead atoms. The number of H-pyrrole nitrogens is 1. The molecule has 1 heterocycles. The summed E-state index contributed by atoms with van der Waals surface area (Å²) in [6.45, 7) is 0. The van der Waals surface area contributed by atoms with Crippen LogP contribution in [0.3, 0.4) is 0 Å². The minimum Gasteiger partial charge on any atom is -0.743 e. The van der Waals surface area contributed by atoms with E-state index >= 15 is 0 Å². The fraction of sp³-hybridized carbons (Fsp3) is 0.706. The van der Waals surface area contributed by atoms with E-state index in [4.69, 9.17) is 0 Å².